The highest BCUT2D eigenvalue weighted by Crippen LogP contribution is 2.19. The van der Waals surface area contributed by atoms with Gasteiger partial charge in [0.25, 0.3) is 0 Å². The molecule has 6 heteroatoms. The van der Waals surface area contributed by atoms with Gasteiger partial charge in [0.15, 0.2) is 9.84 Å². The minimum atomic E-state index is -2.90. The fraction of sp³-hybridized carbons (Fsp3) is 0.545. The zero-order chi connectivity index (χ0) is 12.3. The van der Waals surface area contributed by atoms with Gasteiger partial charge in [-0.05, 0) is 24.5 Å². The van der Waals surface area contributed by atoms with Crippen molar-refractivity contribution < 1.29 is 12.8 Å². The lowest BCUT2D eigenvalue weighted by Crippen LogP contribution is -2.30. The van der Waals surface area contributed by atoms with Crippen LogP contribution in [0, 0.1) is 5.82 Å². The smallest absolute Gasteiger partial charge is 0.154 e. The van der Waals surface area contributed by atoms with E-state index in [-0.39, 0.29) is 11.1 Å². The average molecular weight is 258 g/mol. The van der Waals surface area contributed by atoms with Gasteiger partial charge in [-0.15, -0.1) is 0 Å². The highest BCUT2D eigenvalue weighted by Gasteiger charge is 2.30. The molecule has 1 fully saturated rings. The molecule has 1 aliphatic rings. The van der Waals surface area contributed by atoms with Crippen molar-refractivity contribution in [2.75, 3.05) is 12.3 Å². The summed E-state index contributed by atoms with van der Waals surface area (Å²) in [6.07, 6.45) is 4.18. The Labute approximate surface area is 100 Å². The summed E-state index contributed by atoms with van der Waals surface area (Å²) in [5.74, 6) is -0.0845. The van der Waals surface area contributed by atoms with Gasteiger partial charge < -0.3 is 5.32 Å². The zero-order valence-corrected chi connectivity index (χ0v) is 10.2. The van der Waals surface area contributed by atoms with E-state index in [4.69, 9.17) is 0 Å². The van der Waals surface area contributed by atoms with Crippen molar-refractivity contribution in [3.63, 3.8) is 0 Å². The largest absolute Gasteiger partial charge is 0.311 e. The van der Waals surface area contributed by atoms with Crippen LogP contribution >= 0.6 is 0 Å². The van der Waals surface area contributed by atoms with Gasteiger partial charge in [0.1, 0.15) is 5.82 Å². The van der Waals surface area contributed by atoms with Crippen molar-refractivity contribution in [2.45, 2.75) is 24.6 Å². The fourth-order valence-electron chi connectivity index (χ4n) is 2.02. The molecule has 0 bridgehead atoms. The molecular weight excluding hydrogens is 243 g/mol. The van der Waals surface area contributed by atoms with Crippen LogP contribution in [0.5, 0.6) is 0 Å². The van der Waals surface area contributed by atoms with Crippen LogP contribution in [-0.4, -0.2) is 30.9 Å². The molecule has 0 saturated carbocycles. The van der Waals surface area contributed by atoms with Crippen LogP contribution in [0.25, 0.3) is 0 Å². The molecule has 1 saturated heterocycles. The molecule has 1 aliphatic heterocycles. The second kappa shape index (κ2) is 5.10. The molecule has 17 heavy (non-hydrogen) atoms. The van der Waals surface area contributed by atoms with Gasteiger partial charge in [-0.25, -0.2) is 12.8 Å². The standard InChI is InChI=1S/C11H15FN2O2S/c12-10-4-9(5-13-7-10)6-14-8-11-2-1-3-17(11,15)16/h4-5,7,11,14H,1-3,6,8H2. The Morgan fingerprint density at radius 2 is 2.29 bits per heavy atom. The minimum Gasteiger partial charge on any atom is -0.311 e. The topological polar surface area (TPSA) is 59.1 Å². The van der Waals surface area contributed by atoms with Crippen molar-refractivity contribution in [2.24, 2.45) is 0 Å². The molecule has 94 valence electrons. The van der Waals surface area contributed by atoms with Crippen LogP contribution in [0.2, 0.25) is 0 Å². The average Bonchev–Trinajstić information content (AvgIpc) is 2.58. The number of nitrogens with zero attached hydrogens (tertiary/aromatic N) is 1. The predicted molar refractivity (Wildman–Crippen MR) is 62.7 cm³/mol. The van der Waals surface area contributed by atoms with E-state index in [0.717, 1.165) is 24.6 Å². The maximum atomic E-state index is 12.8. The lowest BCUT2D eigenvalue weighted by molar-refractivity contribution is 0.571. The van der Waals surface area contributed by atoms with Gasteiger partial charge in [-0.1, -0.05) is 0 Å². The number of rotatable bonds is 4. The molecule has 1 N–H and O–H groups in total. The Kier molecular flexibility index (Phi) is 3.73. The number of nitrogens with one attached hydrogen (secondary N) is 1. The van der Waals surface area contributed by atoms with Crippen molar-refractivity contribution in [3.8, 4) is 0 Å². The summed E-state index contributed by atoms with van der Waals surface area (Å²) in [4.78, 5) is 3.73. The highest BCUT2D eigenvalue weighted by molar-refractivity contribution is 7.92. The summed E-state index contributed by atoms with van der Waals surface area (Å²) in [5, 5.41) is 2.75. The molecule has 0 spiro atoms. The van der Waals surface area contributed by atoms with E-state index in [0.29, 0.717) is 18.8 Å². The monoisotopic (exact) mass is 258 g/mol. The summed E-state index contributed by atoms with van der Waals surface area (Å²) in [5.41, 5.74) is 0.723. The number of hydrogen-bond donors (Lipinski definition) is 1. The number of pyridine rings is 1. The van der Waals surface area contributed by atoms with Crippen molar-refractivity contribution in [3.05, 3.63) is 29.8 Å². The predicted octanol–water partition coefficient (Wildman–Crippen LogP) is 0.887. The molecule has 1 unspecified atom stereocenters. The van der Waals surface area contributed by atoms with E-state index in [1.165, 1.54) is 6.07 Å². The molecule has 2 rings (SSSR count). The summed E-state index contributed by atoms with van der Waals surface area (Å²) in [7, 11) is -2.90. The Morgan fingerprint density at radius 1 is 1.47 bits per heavy atom. The van der Waals surface area contributed by atoms with E-state index in [1.807, 2.05) is 0 Å². The molecule has 0 amide bonds. The van der Waals surface area contributed by atoms with Crippen LogP contribution in [0.15, 0.2) is 18.5 Å². The van der Waals surface area contributed by atoms with Crippen molar-refractivity contribution in [1.29, 1.82) is 0 Å². The van der Waals surface area contributed by atoms with Gasteiger partial charge in [0.2, 0.25) is 0 Å². The minimum absolute atomic E-state index is 0.288. The SMILES string of the molecule is O=S1(=O)CCCC1CNCc1cncc(F)c1. The van der Waals surface area contributed by atoms with E-state index in [9.17, 15) is 12.8 Å². The van der Waals surface area contributed by atoms with Gasteiger partial charge >= 0.3 is 0 Å². The number of hydrogen-bond acceptors (Lipinski definition) is 4. The number of halogens is 1. The highest BCUT2D eigenvalue weighted by atomic mass is 32.2. The molecule has 2 heterocycles. The fourth-order valence-corrected chi connectivity index (χ4v) is 3.82. The number of aromatic nitrogens is 1. The van der Waals surface area contributed by atoms with Gasteiger partial charge in [-0.2, -0.15) is 0 Å². The molecule has 0 aromatic carbocycles. The van der Waals surface area contributed by atoms with Crippen LogP contribution < -0.4 is 5.32 Å². The van der Waals surface area contributed by atoms with Gasteiger partial charge in [0.05, 0.1) is 17.2 Å². The third-order valence-corrected chi connectivity index (χ3v) is 5.20. The third-order valence-electron chi connectivity index (χ3n) is 2.93. The lowest BCUT2D eigenvalue weighted by atomic mass is 10.2. The van der Waals surface area contributed by atoms with Crippen LogP contribution in [-0.2, 0) is 16.4 Å². The summed E-state index contributed by atoms with van der Waals surface area (Å²) in [6.45, 7) is 0.871. The quantitative estimate of drug-likeness (QED) is 0.871. The van der Waals surface area contributed by atoms with Crippen LogP contribution in [0.4, 0.5) is 4.39 Å². The molecule has 0 aliphatic carbocycles. The summed E-state index contributed by atoms with van der Waals surface area (Å²) < 4.78 is 35.9. The Morgan fingerprint density at radius 3 is 2.94 bits per heavy atom. The maximum Gasteiger partial charge on any atom is 0.154 e. The van der Waals surface area contributed by atoms with E-state index in [1.54, 1.807) is 6.20 Å². The Hall–Kier alpha value is -1.01. The zero-order valence-electron chi connectivity index (χ0n) is 9.39. The molecular formula is C11H15FN2O2S. The van der Waals surface area contributed by atoms with Crippen molar-refractivity contribution in [1.82, 2.24) is 10.3 Å². The van der Waals surface area contributed by atoms with E-state index in [2.05, 4.69) is 10.3 Å². The molecule has 1 aromatic rings. The van der Waals surface area contributed by atoms with E-state index < -0.39 is 9.84 Å². The second-order valence-corrected chi connectivity index (χ2v) is 6.67. The van der Waals surface area contributed by atoms with Gasteiger partial charge in [0, 0.05) is 19.3 Å². The first kappa shape index (κ1) is 12.4. The number of sulfone groups is 1. The summed E-state index contributed by atoms with van der Waals surface area (Å²) >= 11 is 0. The first-order valence-electron chi connectivity index (χ1n) is 5.59. The first-order chi connectivity index (χ1) is 8.08. The molecule has 4 nitrogen and oxygen atoms in total. The first-order valence-corrected chi connectivity index (χ1v) is 7.31. The lowest BCUT2D eigenvalue weighted by Gasteiger charge is -2.10. The molecule has 1 atom stereocenters. The van der Waals surface area contributed by atoms with Crippen molar-refractivity contribution >= 4 is 9.84 Å². The Balaban J connectivity index is 1.84. The Bertz CT molecular complexity index is 490. The summed E-state index contributed by atoms with van der Waals surface area (Å²) in [6, 6.07) is 1.39. The second-order valence-electron chi connectivity index (χ2n) is 4.27. The van der Waals surface area contributed by atoms with Crippen LogP contribution in [0.3, 0.4) is 0 Å². The molecule has 1 aromatic heterocycles. The normalized spacial score (nSPS) is 22.8. The van der Waals surface area contributed by atoms with E-state index >= 15 is 0 Å². The van der Waals surface area contributed by atoms with Gasteiger partial charge in [-0.3, -0.25) is 4.98 Å². The third kappa shape index (κ3) is 3.23. The molecule has 0 radical (unpaired) electrons. The van der Waals surface area contributed by atoms with Crippen LogP contribution in [0.1, 0.15) is 18.4 Å². The maximum absolute atomic E-state index is 12.8.